The number of thiocarbonyl (C=S) groups is 1. The van der Waals surface area contributed by atoms with Gasteiger partial charge >= 0.3 is 0 Å². The Kier molecular flexibility index (Phi) is 4.95. The molecule has 108 valence electrons. The molecule has 4 N–H and O–H groups in total. The van der Waals surface area contributed by atoms with Crippen LogP contribution in [-0.4, -0.2) is 56.6 Å². The molecule has 7 heteroatoms. The zero-order valence-electron chi connectivity index (χ0n) is 10.5. The van der Waals surface area contributed by atoms with Gasteiger partial charge in [-0.2, -0.15) is 4.99 Å². The lowest BCUT2D eigenvalue weighted by Gasteiger charge is -2.40. The molecular weight excluding hydrogens is 282 g/mol. The van der Waals surface area contributed by atoms with Crippen molar-refractivity contribution in [2.75, 3.05) is 6.61 Å². The van der Waals surface area contributed by atoms with Crippen LogP contribution in [0, 0.1) is 0 Å². The van der Waals surface area contributed by atoms with E-state index in [-0.39, 0.29) is 0 Å². The van der Waals surface area contributed by atoms with Crippen molar-refractivity contribution in [1.82, 2.24) is 0 Å². The molecule has 1 saturated heterocycles. The zero-order valence-corrected chi connectivity index (χ0v) is 11.3. The summed E-state index contributed by atoms with van der Waals surface area (Å²) < 4.78 is 5.44. The fourth-order valence-corrected chi connectivity index (χ4v) is 2.27. The summed E-state index contributed by atoms with van der Waals surface area (Å²) in [4.78, 5) is 3.80. The van der Waals surface area contributed by atoms with Crippen molar-refractivity contribution in [2.24, 2.45) is 4.99 Å². The average molecular weight is 297 g/mol. The van der Waals surface area contributed by atoms with E-state index in [1.54, 1.807) is 24.3 Å². The zero-order chi connectivity index (χ0) is 14.7. The first-order chi connectivity index (χ1) is 9.58. The molecule has 0 saturated carbocycles. The number of nitrogens with zero attached hydrogens (tertiary/aromatic N) is 1. The highest BCUT2D eigenvalue weighted by molar-refractivity contribution is 7.78. The maximum Gasteiger partial charge on any atom is 0.113 e. The molecular formula is C13H15NO5S. The molecule has 20 heavy (non-hydrogen) atoms. The Morgan fingerprint density at radius 1 is 1.10 bits per heavy atom. The third kappa shape index (κ3) is 2.94. The molecule has 5 atom stereocenters. The van der Waals surface area contributed by atoms with Crippen molar-refractivity contribution < 1.29 is 25.2 Å². The molecule has 0 bridgehead atoms. The Morgan fingerprint density at radius 3 is 2.30 bits per heavy atom. The van der Waals surface area contributed by atoms with E-state index in [4.69, 9.17) is 9.84 Å². The first kappa shape index (κ1) is 15.2. The topological polar surface area (TPSA) is 103 Å². The van der Waals surface area contributed by atoms with E-state index in [9.17, 15) is 15.3 Å². The predicted octanol–water partition coefficient (Wildman–Crippen LogP) is -0.0642. The molecule has 0 unspecified atom stereocenters. The highest BCUT2D eigenvalue weighted by Crippen LogP contribution is 2.32. The second-order valence-corrected chi connectivity index (χ2v) is 4.73. The van der Waals surface area contributed by atoms with E-state index in [0.717, 1.165) is 0 Å². The molecule has 0 aromatic heterocycles. The normalized spacial score (nSPS) is 33.5. The SMILES string of the molecule is OC[C@H]1O[C@@H](c2ccc(N=C=S)cc2)[C@H](O)[C@@H](O)[C@H]1O. The molecule has 1 aromatic carbocycles. The van der Waals surface area contributed by atoms with Crippen molar-refractivity contribution in [3.05, 3.63) is 29.8 Å². The van der Waals surface area contributed by atoms with E-state index in [0.29, 0.717) is 11.3 Å². The van der Waals surface area contributed by atoms with Crippen LogP contribution in [0.3, 0.4) is 0 Å². The minimum absolute atomic E-state index is 0.450. The van der Waals surface area contributed by atoms with Crippen LogP contribution >= 0.6 is 12.2 Å². The highest BCUT2D eigenvalue weighted by Gasteiger charge is 2.43. The smallest absolute Gasteiger partial charge is 0.113 e. The molecule has 1 aliphatic heterocycles. The number of aliphatic imine (C=N–C) groups is 1. The second kappa shape index (κ2) is 6.51. The Balaban J connectivity index is 2.24. The summed E-state index contributed by atoms with van der Waals surface area (Å²) in [6.07, 6.45) is -5.78. The Labute approximate surface area is 121 Å². The first-order valence-electron chi connectivity index (χ1n) is 6.07. The molecule has 2 rings (SSSR count). The van der Waals surface area contributed by atoms with Gasteiger partial charge in [-0.25, -0.2) is 0 Å². The number of rotatable bonds is 3. The van der Waals surface area contributed by atoms with Crippen molar-refractivity contribution in [1.29, 1.82) is 0 Å². The monoisotopic (exact) mass is 297 g/mol. The maximum absolute atomic E-state index is 9.98. The molecule has 1 aromatic rings. The Hall–Kier alpha value is -1.18. The summed E-state index contributed by atoms with van der Waals surface area (Å²) in [7, 11) is 0. The average Bonchev–Trinajstić information content (AvgIpc) is 2.47. The lowest BCUT2D eigenvalue weighted by atomic mass is 9.91. The van der Waals surface area contributed by atoms with Gasteiger partial charge in [0.15, 0.2) is 0 Å². The molecule has 1 aliphatic rings. The van der Waals surface area contributed by atoms with Gasteiger partial charge in [-0.1, -0.05) is 12.1 Å². The molecule has 6 nitrogen and oxygen atoms in total. The van der Waals surface area contributed by atoms with Gasteiger partial charge < -0.3 is 25.2 Å². The number of aliphatic hydroxyl groups is 4. The molecule has 1 fully saturated rings. The van der Waals surface area contributed by atoms with Gasteiger partial charge in [0.25, 0.3) is 0 Å². The maximum atomic E-state index is 9.98. The van der Waals surface area contributed by atoms with Crippen LogP contribution in [0.2, 0.25) is 0 Å². The Bertz CT molecular complexity index is 500. The van der Waals surface area contributed by atoms with Crippen LogP contribution in [0.25, 0.3) is 0 Å². The van der Waals surface area contributed by atoms with Crippen LogP contribution in [-0.2, 0) is 4.74 Å². The van der Waals surface area contributed by atoms with Gasteiger partial charge in [-0.15, -0.1) is 0 Å². The van der Waals surface area contributed by atoms with Crippen molar-refractivity contribution in [3.8, 4) is 0 Å². The van der Waals surface area contributed by atoms with Gasteiger partial charge in [0.2, 0.25) is 0 Å². The van der Waals surface area contributed by atoms with E-state index in [2.05, 4.69) is 22.4 Å². The quantitative estimate of drug-likeness (QED) is 0.460. The van der Waals surface area contributed by atoms with Gasteiger partial charge in [-0.05, 0) is 29.9 Å². The Morgan fingerprint density at radius 2 is 1.75 bits per heavy atom. The van der Waals surface area contributed by atoms with E-state index < -0.39 is 37.1 Å². The predicted molar refractivity (Wildman–Crippen MR) is 73.8 cm³/mol. The molecule has 0 radical (unpaired) electrons. The lowest BCUT2D eigenvalue weighted by molar-refractivity contribution is -0.231. The van der Waals surface area contributed by atoms with Gasteiger partial charge in [0, 0.05) is 0 Å². The third-order valence-electron chi connectivity index (χ3n) is 3.29. The summed E-state index contributed by atoms with van der Waals surface area (Å²) in [6, 6.07) is 6.66. The minimum atomic E-state index is -1.38. The van der Waals surface area contributed by atoms with Crippen LogP contribution in [0.15, 0.2) is 29.3 Å². The van der Waals surface area contributed by atoms with Crippen LogP contribution < -0.4 is 0 Å². The van der Waals surface area contributed by atoms with Crippen LogP contribution in [0.5, 0.6) is 0 Å². The summed E-state index contributed by atoms with van der Waals surface area (Å²) >= 11 is 4.50. The second-order valence-electron chi connectivity index (χ2n) is 4.54. The summed E-state index contributed by atoms with van der Waals surface area (Å²) in [6.45, 7) is -0.450. The number of ether oxygens (including phenoxy) is 1. The van der Waals surface area contributed by atoms with Crippen molar-refractivity contribution in [3.63, 3.8) is 0 Å². The van der Waals surface area contributed by atoms with Crippen LogP contribution in [0.1, 0.15) is 11.7 Å². The molecule has 1 heterocycles. The molecule has 0 amide bonds. The highest BCUT2D eigenvalue weighted by atomic mass is 32.1. The largest absolute Gasteiger partial charge is 0.394 e. The van der Waals surface area contributed by atoms with Gasteiger partial charge in [-0.3, -0.25) is 0 Å². The number of benzene rings is 1. The fraction of sp³-hybridized carbons (Fsp3) is 0.462. The number of aliphatic hydroxyl groups excluding tert-OH is 4. The van der Waals surface area contributed by atoms with Gasteiger partial charge in [0.1, 0.15) is 30.5 Å². The van der Waals surface area contributed by atoms with E-state index in [1.807, 2.05) is 0 Å². The summed E-state index contributed by atoms with van der Waals surface area (Å²) in [5.74, 6) is 0. The lowest BCUT2D eigenvalue weighted by Crippen LogP contribution is -2.55. The fourth-order valence-electron chi connectivity index (χ4n) is 2.17. The summed E-state index contributed by atoms with van der Waals surface area (Å²) in [5, 5.41) is 40.8. The standard InChI is InChI=1S/C13H15NO5S/c15-5-9-10(16)11(17)12(18)13(19-9)7-1-3-8(4-2-7)14-6-20/h1-4,9-13,15-18H,5H2/t9-,10+,11+,12-,13+/m1/s1. The van der Waals surface area contributed by atoms with E-state index in [1.165, 1.54) is 0 Å². The third-order valence-corrected chi connectivity index (χ3v) is 3.38. The first-order valence-corrected chi connectivity index (χ1v) is 6.47. The number of isothiocyanates is 1. The molecule has 0 aliphatic carbocycles. The van der Waals surface area contributed by atoms with Gasteiger partial charge in [0.05, 0.1) is 17.5 Å². The van der Waals surface area contributed by atoms with Crippen LogP contribution in [0.4, 0.5) is 5.69 Å². The number of hydrogen-bond donors (Lipinski definition) is 4. The van der Waals surface area contributed by atoms with Crippen molar-refractivity contribution >= 4 is 23.1 Å². The molecule has 0 spiro atoms. The van der Waals surface area contributed by atoms with Crippen molar-refractivity contribution in [2.45, 2.75) is 30.5 Å². The summed E-state index contributed by atoms with van der Waals surface area (Å²) in [5.41, 5.74) is 1.21. The minimum Gasteiger partial charge on any atom is -0.394 e. The van der Waals surface area contributed by atoms with E-state index >= 15 is 0 Å². The number of hydrogen-bond acceptors (Lipinski definition) is 7.